The van der Waals surface area contributed by atoms with Crippen molar-refractivity contribution < 1.29 is 9.69 Å². The van der Waals surface area contributed by atoms with E-state index >= 15 is 0 Å². The molecule has 0 saturated carbocycles. The van der Waals surface area contributed by atoms with E-state index in [1.165, 1.54) is 25.1 Å². The first-order valence-electron chi connectivity index (χ1n) is 10.2. The van der Waals surface area contributed by atoms with Gasteiger partial charge in [-0.2, -0.15) is 0 Å². The summed E-state index contributed by atoms with van der Waals surface area (Å²) in [6.07, 6.45) is 4.30. The fourth-order valence-electron chi connectivity index (χ4n) is 3.96. The van der Waals surface area contributed by atoms with Crippen LogP contribution in [-0.4, -0.2) is 48.7 Å². The number of aromatic nitrogens is 1. The molecule has 4 rings (SSSR count). The second kappa shape index (κ2) is 9.28. The van der Waals surface area contributed by atoms with Crippen LogP contribution < -0.4 is 4.90 Å². The fourth-order valence-corrected chi connectivity index (χ4v) is 5.50. The molecule has 1 aliphatic rings. The Bertz CT molecular complexity index is 929. The number of benzene rings is 2. The van der Waals surface area contributed by atoms with Crippen molar-refractivity contribution >= 4 is 39.2 Å². The van der Waals surface area contributed by atoms with Gasteiger partial charge in [0.05, 0.1) is 28.3 Å². The number of likely N-dealkylation sites (tertiary alicyclic amines) is 1. The number of quaternary nitrogens is 1. The molecular formula is C23H28N3OS2+. The van der Waals surface area contributed by atoms with E-state index in [2.05, 4.69) is 54.8 Å². The Labute approximate surface area is 180 Å². The number of piperidine rings is 1. The van der Waals surface area contributed by atoms with E-state index in [0.29, 0.717) is 19.0 Å². The van der Waals surface area contributed by atoms with Gasteiger partial charge in [0.15, 0.2) is 6.54 Å². The summed E-state index contributed by atoms with van der Waals surface area (Å²) in [5, 5.41) is 1.27. The molecule has 1 N–H and O–H groups in total. The number of likely N-dealkylation sites (N-methyl/N-ethyl adjacent to an activating group) is 1. The van der Waals surface area contributed by atoms with Gasteiger partial charge in [0.25, 0.3) is 5.91 Å². The van der Waals surface area contributed by atoms with Crippen LogP contribution in [0.15, 0.2) is 53.4 Å². The van der Waals surface area contributed by atoms with Gasteiger partial charge in [-0.1, -0.05) is 24.3 Å². The lowest BCUT2D eigenvalue weighted by Crippen LogP contribution is -3.14. The number of thiazole rings is 1. The average Bonchev–Trinajstić information content (AvgIpc) is 3.19. The first-order valence-corrected chi connectivity index (χ1v) is 12.2. The molecule has 0 radical (unpaired) electrons. The molecular weight excluding hydrogens is 398 g/mol. The van der Waals surface area contributed by atoms with Crippen LogP contribution in [0.1, 0.15) is 29.3 Å². The predicted octanol–water partition coefficient (Wildman–Crippen LogP) is 3.44. The van der Waals surface area contributed by atoms with E-state index in [-0.39, 0.29) is 5.91 Å². The molecule has 0 atom stereocenters. The smallest absolute Gasteiger partial charge is 0.277 e. The average molecular weight is 427 g/mol. The van der Waals surface area contributed by atoms with Crippen LogP contribution in [-0.2, 0) is 11.3 Å². The molecule has 1 saturated heterocycles. The summed E-state index contributed by atoms with van der Waals surface area (Å²) < 4.78 is 1.28. The first-order chi connectivity index (χ1) is 14.1. The first kappa shape index (κ1) is 20.4. The predicted molar refractivity (Wildman–Crippen MR) is 122 cm³/mol. The minimum Gasteiger partial charge on any atom is -0.337 e. The molecule has 2 aromatic carbocycles. The van der Waals surface area contributed by atoms with Crippen LogP contribution in [0.25, 0.3) is 10.2 Å². The molecule has 1 aromatic heterocycles. The summed E-state index contributed by atoms with van der Waals surface area (Å²) in [6, 6.07) is 16.9. The molecule has 0 aliphatic carbocycles. The lowest BCUT2D eigenvalue weighted by atomic mass is 9.97. The third-order valence-electron chi connectivity index (χ3n) is 5.76. The van der Waals surface area contributed by atoms with Crippen LogP contribution in [0.2, 0.25) is 0 Å². The van der Waals surface area contributed by atoms with Gasteiger partial charge in [-0.25, -0.2) is 4.98 Å². The third kappa shape index (κ3) is 5.00. The van der Waals surface area contributed by atoms with Crippen molar-refractivity contribution in [1.29, 1.82) is 0 Å². The van der Waals surface area contributed by atoms with Gasteiger partial charge in [-0.3, -0.25) is 4.79 Å². The highest BCUT2D eigenvalue weighted by molar-refractivity contribution is 7.98. The number of amides is 1. The monoisotopic (exact) mass is 426 g/mol. The second-order valence-electron chi connectivity index (χ2n) is 7.82. The number of carbonyl (C=O) groups is 1. The highest BCUT2D eigenvalue weighted by atomic mass is 32.2. The standard InChI is InChI=1S/C23H27N3OS2/c1-25(15-17-7-9-19(28-2)10-8-17)22(27)16-26-13-11-18(12-14-26)23-24-20-5-3-4-6-21(20)29-23/h3-10,18H,11-16H2,1-2H3/p+1. The fraction of sp³-hybridized carbons (Fsp3) is 0.391. The summed E-state index contributed by atoms with van der Waals surface area (Å²) in [5.41, 5.74) is 2.30. The van der Waals surface area contributed by atoms with Crippen molar-refractivity contribution in [1.82, 2.24) is 9.88 Å². The highest BCUT2D eigenvalue weighted by Gasteiger charge is 2.27. The van der Waals surface area contributed by atoms with Gasteiger partial charge < -0.3 is 9.80 Å². The van der Waals surface area contributed by atoms with E-state index in [4.69, 9.17) is 4.98 Å². The van der Waals surface area contributed by atoms with Gasteiger partial charge in [-0.05, 0) is 36.1 Å². The Hall–Kier alpha value is -1.89. The maximum atomic E-state index is 12.7. The van der Waals surface area contributed by atoms with E-state index in [0.717, 1.165) is 31.4 Å². The van der Waals surface area contributed by atoms with Crippen LogP contribution in [0.3, 0.4) is 0 Å². The molecule has 1 aliphatic heterocycles. The number of hydrogen-bond donors (Lipinski definition) is 1. The van der Waals surface area contributed by atoms with Crippen LogP contribution in [0.5, 0.6) is 0 Å². The summed E-state index contributed by atoms with van der Waals surface area (Å²) in [7, 11) is 1.91. The summed E-state index contributed by atoms with van der Waals surface area (Å²) in [6.45, 7) is 3.35. The zero-order valence-electron chi connectivity index (χ0n) is 17.1. The van der Waals surface area contributed by atoms with Gasteiger partial charge in [-0.15, -0.1) is 23.1 Å². The van der Waals surface area contributed by atoms with Crippen molar-refractivity contribution in [3.05, 3.63) is 59.1 Å². The zero-order chi connectivity index (χ0) is 20.2. The van der Waals surface area contributed by atoms with Crippen LogP contribution in [0, 0.1) is 0 Å². The lowest BCUT2D eigenvalue weighted by Gasteiger charge is -2.29. The van der Waals surface area contributed by atoms with Crippen LogP contribution in [0.4, 0.5) is 0 Å². The minimum atomic E-state index is 0.229. The Morgan fingerprint density at radius 3 is 2.59 bits per heavy atom. The minimum absolute atomic E-state index is 0.229. The molecule has 0 unspecified atom stereocenters. The Morgan fingerprint density at radius 1 is 1.17 bits per heavy atom. The molecule has 0 bridgehead atoms. The topological polar surface area (TPSA) is 37.6 Å². The lowest BCUT2D eigenvalue weighted by molar-refractivity contribution is -0.897. The van der Waals surface area contributed by atoms with Crippen molar-refractivity contribution in [3.63, 3.8) is 0 Å². The Morgan fingerprint density at radius 2 is 1.90 bits per heavy atom. The summed E-state index contributed by atoms with van der Waals surface area (Å²) in [5.74, 6) is 0.770. The number of fused-ring (bicyclic) bond motifs is 1. The zero-order valence-corrected chi connectivity index (χ0v) is 18.7. The molecule has 6 heteroatoms. The van der Waals surface area contributed by atoms with Crippen molar-refractivity contribution in [2.24, 2.45) is 0 Å². The number of nitrogens with zero attached hydrogens (tertiary/aromatic N) is 2. The van der Waals surface area contributed by atoms with Gasteiger partial charge in [0.2, 0.25) is 0 Å². The highest BCUT2D eigenvalue weighted by Crippen LogP contribution is 2.31. The molecule has 152 valence electrons. The van der Waals surface area contributed by atoms with E-state index < -0.39 is 0 Å². The van der Waals surface area contributed by atoms with Crippen molar-refractivity contribution in [2.75, 3.05) is 32.9 Å². The molecule has 3 aromatic rings. The van der Waals surface area contributed by atoms with Crippen molar-refractivity contribution in [3.8, 4) is 0 Å². The number of rotatable bonds is 6. The molecule has 0 spiro atoms. The number of nitrogens with one attached hydrogen (secondary N) is 1. The van der Waals surface area contributed by atoms with Gasteiger partial charge >= 0.3 is 0 Å². The molecule has 2 heterocycles. The maximum absolute atomic E-state index is 12.7. The number of para-hydroxylation sites is 1. The van der Waals surface area contributed by atoms with Gasteiger partial charge in [0.1, 0.15) is 0 Å². The largest absolute Gasteiger partial charge is 0.337 e. The van der Waals surface area contributed by atoms with E-state index in [1.54, 1.807) is 11.8 Å². The quantitative estimate of drug-likeness (QED) is 0.614. The molecule has 4 nitrogen and oxygen atoms in total. The molecule has 1 fully saturated rings. The van der Waals surface area contributed by atoms with E-state index in [1.807, 2.05) is 23.3 Å². The number of carbonyl (C=O) groups excluding carboxylic acids is 1. The number of thioether (sulfide) groups is 1. The molecule has 1 amide bonds. The molecule has 29 heavy (non-hydrogen) atoms. The van der Waals surface area contributed by atoms with Gasteiger partial charge in [0, 0.05) is 37.2 Å². The maximum Gasteiger partial charge on any atom is 0.277 e. The van der Waals surface area contributed by atoms with Crippen LogP contribution >= 0.6 is 23.1 Å². The summed E-state index contributed by atoms with van der Waals surface area (Å²) in [4.78, 5) is 22.1. The summed E-state index contributed by atoms with van der Waals surface area (Å²) >= 11 is 3.57. The van der Waals surface area contributed by atoms with E-state index in [9.17, 15) is 4.79 Å². The third-order valence-corrected chi connectivity index (χ3v) is 7.70. The Kier molecular flexibility index (Phi) is 6.53. The second-order valence-corrected chi connectivity index (χ2v) is 9.76. The normalized spacial score (nSPS) is 19.4. The number of hydrogen-bond acceptors (Lipinski definition) is 4. The SMILES string of the molecule is CSc1ccc(CN(C)C(=O)C[NH+]2CCC(c3nc4ccccc4s3)CC2)cc1. The Balaban J connectivity index is 1.27. The van der Waals surface area contributed by atoms with Crippen molar-refractivity contribution in [2.45, 2.75) is 30.2 Å².